The van der Waals surface area contributed by atoms with Gasteiger partial charge in [-0.3, -0.25) is 4.79 Å². The molecule has 0 radical (unpaired) electrons. The van der Waals surface area contributed by atoms with E-state index in [1.807, 2.05) is 32.6 Å². The molecule has 1 heterocycles. The topological polar surface area (TPSA) is 40.5 Å². The lowest BCUT2D eigenvalue weighted by atomic mass is 9.93. The predicted octanol–water partition coefficient (Wildman–Crippen LogP) is 1.26. The average Bonchev–Trinajstić information content (AvgIpc) is 2.45. The lowest BCUT2D eigenvalue weighted by molar-refractivity contribution is -0.129. The largest absolute Gasteiger partial charge is 0.392 e. The van der Waals surface area contributed by atoms with Crippen LogP contribution in [0.25, 0.3) is 0 Å². The summed E-state index contributed by atoms with van der Waals surface area (Å²) in [4.78, 5) is 13.4. The quantitative estimate of drug-likeness (QED) is 0.743. The van der Waals surface area contributed by atoms with Gasteiger partial charge in [0.2, 0.25) is 5.91 Å². The van der Waals surface area contributed by atoms with Crippen molar-refractivity contribution in [2.24, 2.45) is 11.8 Å². The Morgan fingerprint density at radius 2 is 1.93 bits per heavy atom. The van der Waals surface area contributed by atoms with Crippen molar-refractivity contribution in [3.8, 4) is 0 Å². The van der Waals surface area contributed by atoms with Gasteiger partial charge < -0.3 is 10.0 Å². The number of likely N-dealkylation sites (tertiary alicyclic amines) is 1. The van der Waals surface area contributed by atoms with Crippen LogP contribution in [0.15, 0.2) is 0 Å². The summed E-state index contributed by atoms with van der Waals surface area (Å²) in [7, 11) is 0. The van der Waals surface area contributed by atoms with Gasteiger partial charge in [-0.1, -0.05) is 13.8 Å². The number of aliphatic hydroxyl groups is 1. The Kier molecular flexibility index (Phi) is 3.53. The number of nitrogens with zero attached hydrogens (tertiary/aromatic N) is 1. The number of amides is 1. The van der Waals surface area contributed by atoms with Gasteiger partial charge in [0.1, 0.15) is 0 Å². The molecule has 0 aromatic heterocycles. The van der Waals surface area contributed by atoms with Gasteiger partial charge in [-0.15, -0.1) is 0 Å². The molecule has 2 atom stereocenters. The van der Waals surface area contributed by atoms with E-state index in [4.69, 9.17) is 0 Å². The van der Waals surface area contributed by atoms with Crippen LogP contribution in [0.1, 0.15) is 34.1 Å². The van der Waals surface area contributed by atoms with Crippen molar-refractivity contribution >= 4 is 5.91 Å². The molecule has 1 amide bonds. The Morgan fingerprint density at radius 1 is 1.36 bits per heavy atom. The molecule has 0 aromatic carbocycles. The minimum atomic E-state index is -0.345. The standard InChI is InChI=1S/C11H21NO2/c1-7(2)11(14)9-5-10(13)12(6-9)8(3)4/h7-9,11,14H,5-6H2,1-4H3. The highest BCUT2D eigenvalue weighted by Crippen LogP contribution is 2.26. The summed E-state index contributed by atoms with van der Waals surface area (Å²) < 4.78 is 0. The van der Waals surface area contributed by atoms with Gasteiger partial charge in [0.25, 0.3) is 0 Å². The predicted molar refractivity (Wildman–Crippen MR) is 55.8 cm³/mol. The van der Waals surface area contributed by atoms with E-state index in [-0.39, 0.29) is 29.9 Å². The van der Waals surface area contributed by atoms with E-state index in [9.17, 15) is 9.90 Å². The molecule has 1 saturated heterocycles. The average molecular weight is 199 g/mol. The molecule has 1 fully saturated rings. The Labute approximate surface area is 86.1 Å². The SMILES string of the molecule is CC(C)C(O)C1CC(=O)N(C(C)C)C1. The van der Waals surface area contributed by atoms with Gasteiger partial charge in [0.15, 0.2) is 0 Å². The molecule has 2 unspecified atom stereocenters. The highest BCUT2D eigenvalue weighted by atomic mass is 16.3. The van der Waals surface area contributed by atoms with Crippen LogP contribution in [0.4, 0.5) is 0 Å². The molecule has 0 spiro atoms. The van der Waals surface area contributed by atoms with E-state index < -0.39 is 0 Å². The van der Waals surface area contributed by atoms with Crippen LogP contribution in [0, 0.1) is 11.8 Å². The summed E-state index contributed by atoms with van der Waals surface area (Å²) in [5.41, 5.74) is 0. The molecule has 0 saturated carbocycles. The van der Waals surface area contributed by atoms with Crippen molar-refractivity contribution in [2.45, 2.75) is 46.3 Å². The van der Waals surface area contributed by atoms with Gasteiger partial charge in [-0.05, 0) is 19.8 Å². The monoisotopic (exact) mass is 199 g/mol. The smallest absolute Gasteiger partial charge is 0.223 e. The maximum atomic E-state index is 11.6. The van der Waals surface area contributed by atoms with Crippen LogP contribution in [0.2, 0.25) is 0 Å². The van der Waals surface area contributed by atoms with Crippen LogP contribution in [-0.2, 0) is 4.79 Å². The van der Waals surface area contributed by atoms with Crippen molar-refractivity contribution in [3.05, 3.63) is 0 Å². The first-order valence-corrected chi connectivity index (χ1v) is 5.41. The van der Waals surface area contributed by atoms with E-state index in [0.717, 1.165) is 6.54 Å². The zero-order valence-corrected chi connectivity index (χ0v) is 9.53. The first kappa shape index (κ1) is 11.5. The highest BCUT2D eigenvalue weighted by Gasteiger charge is 2.36. The van der Waals surface area contributed by atoms with E-state index in [2.05, 4.69) is 0 Å². The fourth-order valence-corrected chi connectivity index (χ4v) is 2.03. The van der Waals surface area contributed by atoms with Crippen LogP contribution >= 0.6 is 0 Å². The molecule has 3 heteroatoms. The van der Waals surface area contributed by atoms with Gasteiger partial charge in [-0.2, -0.15) is 0 Å². The fourth-order valence-electron chi connectivity index (χ4n) is 2.03. The molecule has 82 valence electrons. The molecule has 0 bridgehead atoms. The minimum absolute atomic E-state index is 0.130. The second-order valence-electron chi connectivity index (χ2n) is 4.84. The Hall–Kier alpha value is -0.570. The molecule has 1 N–H and O–H groups in total. The second kappa shape index (κ2) is 4.30. The number of rotatable bonds is 3. The zero-order valence-electron chi connectivity index (χ0n) is 9.53. The molecule has 0 aliphatic carbocycles. The molecule has 3 nitrogen and oxygen atoms in total. The van der Waals surface area contributed by atoms with E-state index in [1.165, 1.54) is 0 Å². The molecule has 14 heavy (non-hydrogen) atoms. The summed E-state index contributed by atoms with van der Waals surface area (Å²) in [5.74, 6) is 0.550. The van der Waals surface area contributed by atoms with Crippen LogP contribution in [0.3, 0.4) is 0 Å². The first-order valence-electron chi connectivity index (χ1n) is 5.41. The van der Waals surface area contributed by atoms with Gasteiger partial charge in [0, 0.05) is 24.9 Å². The van der Waals surface area contributed by atoms with Crippen LogP contribution in [-0.4, -0.2) is 34.6 Å². The van der Waals surface area contributed by atoms with Crippen molar-refractivity contribution < 1.29 is 9.90 Å². The maximum Gasteiger partial charge on any atom is 0.223 e. The van der Waals surface area contributed by atoms with E-state index >= 15 is 0 Å². The van der Waals surface area contributed by atoms with Crippen LogP contribution in [0.5, 0.6) is 0 Å². The van der Waals surface area contributed by atoms with E-state index in [1.54, 1.807) is 0 Å². The summed E-state index contributed by atoms with van der Waals surface area (Å²) >= 11 is 0. The number of aliphatic hydroxyl groups excluding tert-OH is 1. The number of hydrogen-bond donors (Lipinski definition) is 1. The van der Waals surface area contributed by atoms with Crippen molar-refractivity contribution in [1.29, 1.82) is 0 Å². The Balaban J connectivity index is 2.58. The second-order valence-corrected chi connectivity index (χ2v) is 4.84. The van der Waals surface area contributed by atoms with Gasteiger partial charge >= 0.3 is 0 Å². The molecule has 1 aliphatic rings. The lowest BCUT2D eigenvalue weighted by Gasteiger charge is -2.24. The van der Waals surface area contributed by atoms with Crippen molar-refractivity contribution in [2.75, 3.05) is 6.54 Å². The van der Waals surface area contributed by atoms with Crippen molar-refractivity contribution in [3.63, 3.8) is 0 Å². The molecular formula is C11H21NO2. The van der Waals surface area contributed by atoms with Crippen LogP contribution < -0.4 is 0 Å². The third-order valence-corrected chi connectivity index (χ3v) is 2.98. The summed E-state index contributed by atoms with van der Waals surface area (Å²) in [6, 6.07) is 0.256. The van der Waals surface area contributed by atoms with Gasteiger partial charge in [0.05, 0.1) is 6.10 Å². The Bertz CT molecular complexity index is 213. The third kappa shape index (κ3) is 2.27. The fraction of sp³-hybridized carbons (Fsp3) is 0.909. The third-order valence-electron chi connectivity index (χ3n) is 2.98. The highest BCUT2D eigenvalue weighted by molar-refractivity contribution is 5.79. The normalized spacial score (nSPS) is 25.2. The number of carbonyl (C=O) groups excluding carboxylic acids is 1. The van der Waals surface area contributed by atoms with Crippen molar-refractivity contribution in [1.82, 2.24) is 4.90 Å². The lowest BCUT2D eigenvalue weighted by Crippen LogP contribution is -2.34. The molecule has 0 aromatic rings. The molecule has 1 rings (SSSR count). The summed E-state index contributed by atoms with van der Waals surface area (Å²) in [6.07, 6.45) is 0.167. The molecule has 1 aliphatic heterocycles. The molecular weight excluding hydrogens is 178 g/mol. The Morgan fingerprint density at radius 3 is 2.29 bits per heavy atom. The zero-order chi connectivity index (χ0) is 10.9. The van der Waals surface area contributed by atoms with Gasteiger partial charge in [-0.25, -0.2) is 0 Å². The summed E-state index contributed by atoms with van der Waals surface area (Å²) in [6.45, 7) is 8.74. The number of carbonyl (C=O) groups is 1. The number of hydrogen-bond acceptors (Lipinski definition) is 2. The first-order chi connectivity index (χ1) is 6.43. The van der Waals surface area contributed by atoms with E-state index in [0.29, 0.717) is 6.42 Å². The minimum Gasteiger partial charge on any atom is -0.392 e. The summed E-state index contributed by atoms with van der Waals surface area (Å²) in [5, 5.41) is 9.86. The maximum absolute atomic E-state index is 11.6.